The molecule has 0 fully saturated rings. The first-order chi connectivity index (χ1) is 13.0. The Balaban J connectivity index is 2.12. The van der Waals surface area contributed by atoms with Crippen LogP contribution in [0.5, 0.6) is 17.2 Å². The second kappa shape index (κ2) is 9.34. The molecule has 0 saturated heterocycles. The van der Waals surface area contributed by atoms with Gasteiger partial charge in [-0.2, -0.15) is 5.10 Å². The summed E-state index contributed by atoms with van der Waals surface area (Å²) in [5.74, 6) is 1.40. The molecule has 9 nitrogen and oxygen atoms in total. The van der Waals surface area contributed by atoms with Gasteiger partial charge in [0.2, 0.25) is 5.75 Å². The quantitative estimate of drug-likeness (QED) is 0.322. The third-order valence-electron chi connectivity index (χ3n) is 3.45. The monoisotopic (exact) mass is 390 g/mol. The maximum Gasteiger partial charge on any atom is 0.292 e. The third-order valence-corrected chi connectivity index (χ3v) is 3.65. The predicted molar refractivity (Wildman–Crippen MR) is 106 cm³/mol. The van der Waals surface area contributed by atoms with Gasteiger partial charge in [0.05, 0.1) is 32.5 Å². The van der Waals surface area contributed by atoms with Gasteiger partial charge in [-0.3, -0.25) is 15.5 Å². The van der Waals surface area contributed by atoms with Crippen molar-refractivity contribution in [1.29, 1.82) is 0 Å². The fourth-order valence-electron chi connectivity index (χ4n) is 2.28. The van der Waals surface area contributed by atoms with Crippen LogP contribution in [0.2, 0.25) is 0 Å². The van der Waals surface area contributed by atoms with Gasteiger partial charge in [-0.25, -0.2) is 0 Å². The van der Waals surface area contributed by atoms with Gasteiger partial charge >= 0.3 is 0 Å². The number of benzene rings is 2. The van der Waals surface area contributed by atoms with Gasteiger partial charge in [0.15, 0.2) is 16.6 Å². The number of thiocarbonyl (C=S) groups is 1. The first kappa shape index (κ1) is 19.9. The number of nitrogens with zero attached hydrogens (tertiary/aromatic N) is 2. The number of ether oxygens (including phenoxy) is 3. The van der Waals surface area contributed by atoms with Gasteiger partial charge in [-0.1, -0.05) is 12.1 Å². The van der Waals surface area contributed by atoms with E-state index >= 15 is 0 Å². The first-order valence-corrected chi connectivity index (χ1v) is 8.05. The van der Waals surface area contributed by atoms with Crippen molar-refractivity contribution in [3.63, 3.8) is 0 Å². The molecule has 0 bridgehead atoms. The number of anilines is 1. The van der Waals surface area contributed by atoms with Crippen molar-refractivity contribution in [2.75, 3.05) is 26.6 Å². The topological polar surface area (TPSA) is 107 Å². The standard InChI is InChI=1S/C17H18N4O5S/c1-24-14-9-8-11(15(25-2)16(14)26-3)10-18-20-17(27)19-12-6-4-5-7-13(12)21(22)23/h4-10H,1-3H3,(H2,19,20,27)/b18-10-. The zero-order valence-electron chi connectivity index (χ0n) is 14.9. The molecule has 10 heteroatoms. The SMILES string of the molecule is COc1ccc(/C=N\NC(=S)Nc2ccccc2[N+](=O)[O-])c(OC)c1OC. The first-order valence-electron chi connectivity index (χ1n) is 7.64. The van der Waals surface area contributed by atoms with Crippen molar-refractivity contribution in [3.8, 4) is 17.2 Å². The molecule has 2 N–H and O–H groups in total. The minimum absolute atomic E-state index is 0.0906. The molecule has 2 aromatic carbocycles. The number of para-hydroxylation sites is 2. The van der Waals surface area contributed by atoms with Crippen molar-refractivity contribution in [3.05, 3.63) is 52.1 Å². The molecule has 0 radical (unpaired) electrons. The molecule has 0 aromatic heterocycles. The van der Waals surface area contributed by atoms with E-state index in [0.717, 1.165) is 0 Å². The number of methoxy groups -OCH3 is 3. The maximum absolute atomic E-state index is 11.0. The zero-order valence-corrected chi connectivity index (χ0v) is 15.7. The van der Waals surface area contributed by atoms with Crippen LogP contribution in [0.3, 0.4) is 0 Å². The van der Waals surface area contributed by atoms with Crippen molar-refractivity contribution in [2.45, 2.75) is 0 Å². The molecule has 2 rings (SSSR count). The summed E-state index contributed by atoms with van der Waals surface area (Å²) >= 11 is 5.11. The summed E-state index contributed by atoms with van der Waals surface area (Å²) < 4.78 is 15.9. The molecule has 27 heavy (non-hydrogen) atoms. The summed E-state index contributed by atoms with van der Waals surface area (Å²) in [4.78, 5) is 10.5. The lowest BCUT2D eigenvalue weighted by Gasteiger charge is -2.13. The van der Waals surface area contributed by atoms with E-state index in [0.29, 0.717) is 22.8 Å². The molecule has 0 spiro atoms. The number of nitro groups is 1. The average Bonchev–Trinajstić information content (AvgIpc) is 2.67. The minimum Gasteiger partial charge on any atom is -0.493 e. The van der Waals surface area contributed by atoms with E-state index in [9.17, 15) is 10.1 Å². The highest BCUT2D eigenvalue weighted by atomic mass is 32.1. The number of hydrogen-bond acceptors (Lipinski definition) is 7. The normalized spacial score (nSPS) is 10.3. The minimum atomic E-state index is -0.497. The molecule has 0 saturated carbocycles. The lowest BCUT2D eigenvalue weighted by molar-refractivity contribution is -0.383. The predicted octanol–water partition coefficient (Wildman–Crippen LogP) is 2.94. The Morgan fingerprint density at radius 2 is 1.81 bits per heavy atom. The Bertz CT molecular complexity index is 872. The van der Waals surface area contributed by atoms with Crippen molar-refractivity contribution < 1.29 is 19.1 Å². The van der Waals surface area contributed by atoms with Crippen LogP contribution >= 0.6 is 12.2 Å². The lowest BCUT2D eigenvalue weighted by atomic mass is 10.2. The molecular formula is C17H18N4O5S. The number of hydrogen-bond donors (Lipinski definition) is 2. The average molecular weight is 390 g/mol. The van der Waals surface area contributed by atoms with Gasteiger partial charge in [0.1, 0.15) is 5.69 Å². The van der Waals surface area contributed by atoms with E-state index in [2.05, 4.69) is 15.8 Å². The second-order valence-corrected chi connectivity index (χ2v) is 5.43. The zero-order chi connectivity index (χ0) is 19.8. The van der Waals surface area contributed by atoms with Crippen LogP contribution in [0.25, 0.3) is 0 Å². The van der Waals surface area contributed by atoms with Gasteiger partial charge in [0.25, 0.3) is 5.69 Å². The molecule has 0 amide bonds. The van der Waals surface area contributed by atoms with Gasteiger partial charge in [-0.05, 0) is 30.4 Å². The largest absolute Gasteiger partial charge is 0.493 e. The van der Waals surface area contributed by atoms with E-state index in [1.165, 1.54) is 33.6 Å². The van der Waals surface area contributed by atoms with Crippen LogP contribution in [0, 0.1) is 10.1 Å². The number of nitro benzene ring substituents is 1. The van der Waals surface area contributed by atoms with Gasteiger partial charge < -0.3 is 19.5 Å². The van der Waals surface area contributed by atoms with Crippen molar-refractivity contribution in [2.24, 2.45) is 5.10 Å². The number of nitrogens with one attached hydrogen (secondary N) is 2. The Morgan fingerprint density at radius 1 is 1.11 bits per heavy atom. The van der Waals surface area contributed by atoms with Crippen LogP contribution in [0.15, 0.2) is 41.5 Å². The van der Waals surface area contributed by atoms with Gasteiger partial charge in [-0.15, -0.1) is 0 Å². The molecule has 0 atom stereocenters. The van der Waals surface area contributed by atoms with Crippen molar-refractivity contribution in [1.82, 2.24) is 5.43 Å². The number of rotatable bonds is 7. The van der Waals surface area contributed by atoms with E-state index < -0.39 is 4.92 Å². The molecule has 142 valence electrons. The maximum atomic E-state index is 11.0. The molecule has 0 heterocycles. The molecule has 0 aliphatic heterocycles. The Labute approximate surface area is 161 Å². The second-order valence-electron chi connectivity index (χ2n) is 5.02. The third kappa shape index (κ3) is 4.82. The highest BCUT2D eigenvalue weighted by molar-refractivity contribution is 7.80. The van der Waals surface area contributed by atoms with Crippen LogP contribution < -0.4 is 25.0 Å². The molecular weight excluding hydrogens is 372 g/mol. The summed E-state index contributed by atoms with van der Waals surface area (Å²) in [6, 6.07) is 9.61. The van der Waals surface area contributed by atoms with E-state index in [1.807, 2.05) is 0 Å². The molecule has 0 aliphatic rings. The fourth-order valence-corrected chi connectivity index (χ4v) is 2.44. The summed E-state index contributed by atoms with van der Waals surface area (Å²) in [7, 11) is 4.54. The number of hydrazone groups is 1. The Kier molecular flexibility index (Phi) is 6.89. The summed E-state index contributed by atoms with van der Waals surface area (Å²) in [6.45, 7) is 0. The van der Waals surface area contributed by atoms with Crippen LogP contribution in [-0.2, 0) is 0 Å². The van der Waals surface area contributed by atoms with Crippen LogP contribution in [-0.4, -0.2) is 37.6 Å². The summed E-state index contributed by atoms with van der Waals surface area (Å²) in [5.41, 5.74) is 3.40. The highest BCUT2D eigenvalue weighted by Gasteiger charge is 2.15. The van der Waals surface area contributed by atoms with E-state index in [-0.39, 0.29) is 16.5 Å². The Hall–Kier alpha value is -3.40. The van der Waals surface area contributed by atoms with Crippen LogP contribution in [0.4, 0.5) is 11.4 Å². The smallest absolute Gasteiger partial charge is 0.292 e. The Morgan fingerprint density at radius 3 is 2.44 bits per heavy atom. The van der Waals surface area contributed by atoms with Crippen LogP contribution in [0.1, 0.15) is 5.56 Å². The summed E-state index contributed by atoms with van der Waals surface area (Å²) in [6.07, 6.45) is 1.48. The van der Waals surface area contributed by atoms with E-state index in [4.69, 9.17) is 26.4 Å². The lowest BCUT2D eigenvalue weighted by Crippen LogP contribution is -2.24. The molecule has 0 unspecified atom stereocenters. The highest BCUT2D eigenvalue weighted by Crippen LogP contribution is 2.38. The van der Waals surface area contributed by atoms with Gasteiger partial charge in [0, 0.05) is 11.6 Å². The molecule has 2 aromatic rings. The summed E-state index contributed by atoms with van der Waals surface area (Å²) in [5, 5.41) is 17.9. The molecule has 0 aliphatic carbocycles. The van der Waals surface area contributed by atoms with Crippen molar-refractivity contribution >= 4 is 34.9 Å². The fraction of sp³-hybridized carbons (Fsp3) is 0.176. The van der Waals surface area contributed by atoms with E-state index in [1.54, 1.807) is 30.3 Å².